The van der Waals surface area contributed by atoms with E-state index in [1.807, 2.05) is 12.1 Å². The van der Waals surface area contributed by atoms with Gasteiger partial charge in [0.05, 0.1) is 33.7 Å². The highest BCUT2D eigenvalue weighted by atomic mass is 28.3. The summed E-state index contributed by atoms with van der Waals surface area (Å²) in [6.45, 7) is 0. The number of para-hydroxylation sites is 4. The van der Waals surface area contributed by atoms with E-state index in [2.05, 4.69) is 228 Å². The molecule has 0 unspecified atom stereocenters. The van der Waals surface area contributed by atoms with Crippen molar-refractivity contribution in [2.24, 2.45) is 0 Å². The van der Waals surface area contributed by atoms with Crippen molar-refractivity contribution in [1.82, 2.24) is 9.13 Å². The highest BCUT2D eigenvalue weighted by Crippen LogP contribution is 2.40. The zero-order valence-electron chi connectivity index (χ0n) is 32.2. The zero-order chi connectivity index (χ0) is 39.3. The lowest BCUT2D eigenvalue weighted by Crippen LogP contribution is -2.74. The molecule has 4 heteroatoms. The molecule has 0 saturated heterocycles. The van der Waals surface area contributed by atoms with Crippen molar-refractivity contribution in [1.29, 1.82) is 5.26 Å². The Morgan fingerprint density at radius 2 is 0.864 bits per heavy atom. The van der Waals surface area contributed by atoms with Gasteiger partial charge in [0.2, 0.25) is 0 Å². The molecule has 3 nitrogen and oxygen atoms in total. The van der Waals surface area contributed by atoms with Crippen LogP contribution in [0, 0.1) is 11.3 Å². The Hall–Kier alpha value is -7.71. The van der Waals surface area contributed by atoms with Crippen LogP contribution in [0.25, 0.3) is 66.1 Å². The van der Waals surface area contributed by atoms with Crippen molar-refractivity contribution in [3.05, 3.63) is 230 Å². The zero-order valence-corrected chi connectivity index (χ0v) is 33.2. The molecule has 0 radical (unpaired) electrons. The summed E-state index contributed by atoms with van der Waals surface area (Å²) in [6.07, 6.45) is 0. The SMILES string of the molecule is N#Cc1cccc([Si](c2ccccc2)(c2ccccc2)c2ccc(-n3c4ccccc4c4cc(-c5cccc6c7ccccc7n(-c7ccccc7)c56)ccc43)cc2)c1. The van der Waals surface area contributed by atoms with Gasteiger partial charge in [-0.05, 0) is 87.0 Å². The lowest BCUT2D eigenvalue weighted by Gasteiger charge is -2.34. The fourth-order valence-corrected chi connectivity index (χ4v) is 14.3. The second-order valence-electron chi connectivity index (χ2n) is 15.2. The molecule has 0 aliphatic rings. The number of nitriles is 1. The normalized spacial score (nSPS) is 11.7. The number of hydrogen-bond acceptors (Lipinski definition) is 1. The molecule has 0 atom stereocenters. The summed E-state index contributed by atoms with van der Waals surface area (Å²) in [6, 6.07) is 83.5. The lowest BCUT2D eigenvalue weighted by molar-refractivity contribution is 1.18. The molecule has 0 N–H and O–H groups in total. The van der Waals surface area contributed by atoms with Crippen LogP contribution < -0.4 is 20.7 Å². The van der Waals surface area contributed by atoms with E-state index in [0.717, 1.165) is 16.9 Å². The third-order valence-electron chi connectivity index (χ3n) is 12.1. The molecule has 0 fully saturated rings. The first kappa shape index (κ1) is 34.5. The van der Waals surface area contributed by atoms with Crippen LogP contribution in [0.15, 0.2) is 224 Å². The van der Waals surface area contributed by atoms with Gasteiger partial charge in [-0.2, -0.15) is 5.26 Å². The van der Waals surface area contributed by atoms with Gasteiger partial charge in [-0.1, -0.05) is 164 Å². The number of nitrogens with zero attached hydrogens (tertiary/aromatic N) is 3. The molecule has 0 aliphatic heterocycles. The molecule has 0 saturated carbocycles. The predicted molar refractivity (Wildman–Crippen MR) is 249 cm³/mol. The Kier molecular flexibility index (Phi) is 8.21. The Bertz CT molecular complexity index is 3340. The minimum absolute atomic E-state index is 0.672. The molecule has 11 rings (SSSR count). The molecule has 0 aliphatic carbocycles. The van der Waals surface area contributed by atoms with E-state index in [1.165, 1.54) is 70.0 Å². The molecular weight excluding hydrogens is 731 g/mol. The molecule has 0 spiro atoms. The first-order valence-electron chi connectivity index (χ1n) is 20.1. The predicted octanol–water partition coefficient (Wildman–Crippen LogP) is 10.8. The number of hydrogen-bond donors (Lipinski definition) is 0. The van der Waals surface area contributed by atoms with E-state index in [0.29, 0.717) is 5.56 Å². The van der Waals surface area contributed by atoms with Crippen molar-refractivity contribution in [2.45, 2.75) is 0 Å². The van der Waals surface area contributed by atoms with E-state index >= 15 is 0 Å². The van der Waals surface area contributed by atoms with Crippen LogP contribution in [-0.2, 0) is 0 Å². The van der Waals surface area contributed by atoms with E-state index in [1.54, 1.807) is 0 Å². The monoisotopic (exact) mass is 767 g/mol. The van der Waals surface area contributed by atoms with E-state index < -0.39 is 8.07 Å². The van der Waals surface area contributed by atoms with Crippen molar-refractivity contribution in [2.75, 3.05) is 0 Å². The highest BCUT2D eigenvalue weighted by Gasteiger charge is 2.41. The van der Waals surface area contributed by atoms with Gasteiger partial charge in [-0.25, -0.2) is 0 Å². The van der Waals surface area contributed by atoms with E-state index in [-0.39, 0.29) is 0 Å². The Morgan fingerprint density at radius 3 is 1.54 bits per heavy atom. The smallest absolute Gasteiger partial charge is 0.179 e. The largest absolute Gasteiger partial charge is 0.309 e. The van der Waals surface area contributed by atoms with Crippen LogP contribution in [-0.4, -0.2) is 17.2 Å². The summed E-state index contributed by atoms with van der Waals surface area (Å²) in [5, 5.41) is 20.0. The van der Waals surface area contributed by atoms with Crippen LogP contribution in [0.5, 0.6) is 0 Å². The van der Waals surface area contributed by atoms with Crippen LogP contribution in [0.3, 0.4) is 0 Å². The number of rotatable bonds is 7. The summed E-state index contributed by atoms with van der Waals surface area (Å²) in [5.41, 5.74) is 10.1. The molecule has 2 heterocycles. The average Bonchev–Trinajstić information content (AvgIpc) is 3.83. The van der Waals surface area contributed by atoms with Gasteiger partial charge in [0.1, 0.15) is 0 Å². The first-order valence-corrected chi connectivity index (χ1v) is 22.1. The Morgan fingerprint density at radius 1 is 0.356 bits per heavy atom. The maximum Gasteiger partial charge on any atom is 0.179 e. The maximum atomic E-state index is 10.0. The minimum Gasteiger partial charge on any atom is -0.309 e. The van der Waals surface area contributed by atoms with E-state index in [4.69, 9.17) is 0 Å². The fraction of sp³-hybridized carbons (Fsp3) is 0. The summed E-state index contributed by atoms with van der Waals surface area (Å²) >= 11 is 0. The molecule has 59 heavy (non-hydrogen) atoms. The van der Waals surface area contributed by atoms with Crippen LogP contribution in [0.4, 0.5) is 0 Å². The Labute approximate surface area is 343 Å². The quantitative estimate of drug-likeness (QED) is 0.117. The topological polar surface area (TPSA) is 33.6 Å². The van der Waals surface area contributed by atoms with Crippen molar-refractivity contribution in [3.8, 4) is 28.6 Å². The van der Waals surface area contributed by atoms with Crippen molar-refractivity contribution in [3.63, 3.8) is 0 Å². The molecule has 11 aromatic rings. The molecule has 2 aromatic heterocycles. The van der Waals surface area contributed by atoms with Gasteiger partial charge in [0.15, 0.2) is 8.07 Å². The highest BCUT2D eigenvalue weighted by molar-refractivity contribution is 7.19. The van der Waals surface area contributed by atoms with Gasteiger partial charge in [-0.3, -0.25) is 0 Å². The third-order valence-corrected chi connectivity index (χ3v) is 16.9. The second-order valence-corrected chi connectivity index (χ2v) is 19.0. The minimum atomic E-state index is -2.83. The van der Waals surface area contributed by atoms with E-state index in [9.17, 15) is 5.26 Å². The summed E-state index contributed by atoms with van der Waals surface area (Å²) in [7, 11) is -2.83. The average molecular weight is 768 g/mol. The summed E-state index contributed by atoms with van der Waals surface area (Å²) < 4.78 is 4.82. The van der Waals surface area contributed by atoms with Gasteiger partial charge >= 0.3 is 0 Å². The number of benzene rings is 9. The molecule has 9 aromatic carbocycles. The molecule has 0 bridgehead atoms. The van der Waals surface area contributed by atoms with Crippen molar-refractivity contribution < 1.29 is 0 Å². The number of aromatic nitrogens is 2. The van der Waals surface area contributed by atoms with Crippen LogP contribution in [0.1, 0.15) is 5.56 Å². The van der Waals surface area contributed by atoms with Gasteiger partial charge < -0.3 is 9.13 Å². The fourth-order valence-electron chi connectivity index (χ4n) is 9.57. The van der Waals surface area contributed by atoms with Gasteiger partial charge in [0, 0.05) is 38.5 Å². The summed E-state index contributed by atoms with van der Waals surface area (Å²) in [5.74, 6) is 0. The Balaban J connectivity index is 1.11. The lowest BCUT2D eigenvalue weighted by atomic mass is 10.00. The molecule has 0 amide bonds. The standard InChI is InChI=1S/C55H37N3Si/c56-38-39-16-14-23-46(36-39)59(43-19-6-2-7-20-43,44-21-8-3-9-22-44)45-33-31-42(32-34-45)57-52-28-12-11-25-49(52)51-37-40(30-35-54(51)57)47-26-15-27-50-48-24-10-13-29-53(48)58(55(47)50)41-17-4-1-5-18-41/h1-37H. The second kappa shape index (κ2) is 14.0. The van der Waals surface area contributed by atoms with Crippen LogP contribution >= 0.6 is 0 Å². The third kappa shape index (κ3) is 5.40. The number of fused-ring (bicyclic) bond motifs is 6. The first-order chi connectivity index (χ1) is 29.2. The molecular formula is C55H37N3Si. The maximum absolute atomic E-state index is 10.0. The summed E-state index contributed by atoms with van der Waals surface area (Å²) in [4.78, 5) is 0. The van der Waals surface area contributed by atoms with Crippen LogP contribution in [0.2, 0.25) is 0 Å². The molecule has 276 valence electrons. The van der Waals surface area contributed by atoms with Crippen molar-refractivity contribution >= 4 is 72.4 Å². The van der Waals surface area contributed by atoms with Gasteiger partial charge in [-0.15, -0.1) is 0 Å². The van der Waals surface area contributed by atoms with Gasteiger partial charge in [0.25, 0.3) is 0 Å².